The van der Waals surface area contributed by atoms with Crippen molar-refractivity contribution in [1.82, 2.24) is 19.2 Å². The number of hydrogen-bond acceptors (Lipinski definition) is 5. The molecule has 0 saturated carbocycles. The van der Waals surface area contributed by atoms with Crippen LogP contribution < -0.4 is 5.32 Å². The van der Waals surface area contributed by atoms with Crippen LogP contribution in [0.5, 0.6) is 0 Å². The summed E-state index contributed by atoms with van der Waals surface area (Å²) in [7, 11) is -3.54. The van der Waals surface area contributed by atoms with Gasteiger partial charge in [0.15, 0.2) is 0 Å². The maximum Gasteiger partial charge on any atom is 0.243 e. The van der Waals surface area contributed by atoms with Crippen molar-refractivity contribution >= 4 is 21.1 Å². The molecule has 8 heteroatoms. The average molecular weight is 443 g/mol. The molecule has 1 N–H and O–H groups in total. The third kappa shape index (κ3) is 4.67. The summed E-state index contributed by atoms with van der Waals surface area (Å²) in [5.41, 5.74) is 2.90. The number of nitrogens with zero attached hydrogens (tertiary/aromatic N) is 3. The van der Waals surface area contributed by atoms with E-state index in [9.17, 15) is 8.42 Å². The molecule has 31 heavy (non-hydrogen) atoms. The number of ether oxygens (including phenoxy) is 1. The van der Waals surface area contributed by atoms with Gasteiger partial charge in [0.1, 0.15) is 5.82 Å². The zero-order valence-electron chi connectivity index (χ0n) is 18.1. The quantitative estimate of drug-likeness (QED) is 0.579. The third-order valence-electron chi connectivity index (χ3n) is 5.72. The van der Waals surface area contributed by atoms with Gasteiger partial charge in [0, 0.05) is 25.7 Å². The molecule has 1 unspecified atom stereocenters. The number of imidazole rings is 1. The van der Waals surface area contributed by atoms with E-state index in [4.69, 9.17) is 9.72 Å². The van der Waals surface area contributed by atoms with Crippen molar-refractivity contribution in [2.75, 3.05) is 26.3 Å². The second-order valence-corrected chi connectivity index (χ2v) is 9.80. The molecule has 1 aromatic heterocycles. The van der Waals surface area contributed by atoms with Gasteiger partial charge in [-0.2, -0.15) is 4.31 Å². The van der Waals surface area contributed by atoms with Gasteiger partial charge in [-0.25, -0.2) is 13.4 Å². The number of morpholine rings is 1. The second-order valence-electron chi connectivity index (χ2n) is 7.86. The first-order chi connectivity index (χ1) is 15.0. The van der Waals surface area contributed by atoms with Crippen LogP contribution in [0.25, 0.3) is 11.0 Å². The zero-order chi connectivity index (χ0) is 21.8. The number of fused-ring (bicyclic) bond motifs is 1. The Balaban J connectivity index is 1.61. The van der Waals surface area contributed by atoms with Crippen molar-refractivity contribution in [3.05, 3.63) is 59.9 Å². The van der Waals surface area contributed by atoms with Crippen LogP contribution in [0.1, 0.15) is 37.7 Å². The lowest BCUT2D eigenvalue weighted by Crippen LogP contribution is -2.40. The first-order valence-corrected chi connectivity index (χ1v) is 12.3. The lowest BCUT2D eigenvalue weighted by atomic mass is 10.1. The van der Waals surface area contributed by atoms with Gasteiger partial charge in [-0.3, -0.25) is 0 Å². The summed E-state index contributed by atoms with van der Waals surface area (Å²) in [5.74, 6) is 0.917. The van der Waals surface area contributed by atoms with Gasteiger partial charge in [0.2, 0.25) is 10.0 Å². The highest BCUT2D eigenvalue weighted by molar-refractivity contribution is 7.89. The lowest BCUT2D eigenvalue weighted by molar-refractivity contribution is 0.0730. The van der Waals surface area contributed by atoms with E-state index < -0.39 is 10.0 Å². The molecule has 7 nitrogen and oxygen atoms in total. The van der Waals surface area contributed by atoms with Crippen molar-refractivity contribution < 1.29 is 13.2 Å². The fourth-order valence-electron chi connectivity index (χ4n) is 3.97. The minimum Gasteiger partial charge on any atom is -0.379 e. The van der Waals surface area contributed by atoms with E-state index in [0.717, 1.165) is 24.3 Å². The predicted molar refractivity (Wildman–Crippen MR) is 121 cm³/mol. The Hall–Kier alpha value is -2.26. The monoisotopic (exact) mass is 442 g/mol. The van der Waals surface area contributed by atoms with Crippen LogP contribution in [-0.4, -0.2) is 48.6 Å². The highest BCUT2D eigenvalue weighted by Crippen LogP contribution is 2.24. The van der Waals surface area contributed by atoms with E-state index in [0.29, 0.717) is 43.3 Å². The highest BCUT2D eigenvalue weighted by atomic mass is 32.2. The Kier molecular flexibility index (Phi) is 6.71. The van der Waals surface area contributed by atoms with E-state index in [2.05, 4.69) is 35.9 Å². The Bertz CT molecular complexity index is 1120. The zero-order valence-corrected chi connectivity index (χ0v) is 18.9. The number of aryl methyl sites for hydroxylation is 1. The molecule has 4 rings (SSSR count). The second kappa shape index (κ2) is 9.48. The van der Waals surface area contributed by atoms with Crippen molar-refractivity contribution in [2.24, 2.45) is 0 Å². The summed E-state index contributed by atoms with van der Waals surface area (Å²) < 4.78 is 35.1. The minimum absolute atomic E-state index is 0.188. The summed E-state index contributed by atoms with van der Waals surface area (Å²) >= 11 is 0. The summed E-state index contributed by atoms with van der Waals surface area (Å²) in [5, 5.41) is 3.55. The Morgan fingerprint density at radius 2 is 1.87 bits per heavy atom. The number of benzene rings is 2. The normalized spacial score (nSPS) is 16.6. The van der Waals surface area contributed by atoms with Crippen molar-refractivity contribution in [1.29, 1.82) is 0 Å². The minimum atomic E-state index is -3.54. The summed E-state index contributed by atoms with van der Waals surface area (Å²) in [6.45, 7) is 7.35. The maximum absolute atomic E-state index is 13.0. The van der Waals surface area contributed by atoms with Gasteiger partial charge in [0.05, 0.1) is 35.7 Å². The number of aromatic nitrogens is 2. The molecule has 1 aliphatic rings. The number of sulfonamides is 1. The molecule has 0 radical (unpaired) electrons. The van der Waals surface area contributed by atoms with E-state index in [1.54, 1.807) is 12.1 Å². The van der Waals surface area contributed by atoms with Gasteiger partial charge >= 0.3 is 0 Å². The Labute approximate surface area is 184 Å². The Morgan fingerprint density at radius 1 is 1.13 bits per heavy atom. The van der Waals surface area contributed by atoms with Crippen molar-refractivity contribution in [3.63, 3.8) is 0 Å². The smallest absolute Gasteiger partial charge is 0.243 e. The number of hydrogen-bond donors (Lipinski definition) is 1. The lowest BCUT2D eigenvalue weighted by Gasteiger charge is -2.26. The molecule has 0 amide bonds. The molecule has 0 bridgehead atoms. The molecular formula is C23H30N4O3S. The van der Waals surface area contributed by atoms with Crippen LogP contribution in [0.4, 0.5) is 0 Å². The summed E-state index contributed by atoms with van der Waals surface area (Å²) in [4.78, 5) is 5.10. The molecule has 1 fully saturated rings. The third-order valence-corrected chi connectivity index (χ3v) is 7.61. The molecule has 166 valence electrons. The van der Waals surface area contributed by atoms with Gasteiger partial charge in [-0.15, -0.1) is 0 Å². The van der Waals surface area contributed by atoms with Gasteiger partial charge in [-0.1, -0.05) is 37.3 Å². The fraction of sp³-hybridized carbons (Fsp3) is 0.435. The van der Waals surface area contributed by atoms with E-state index in [1.807, 2.05) is 24.3 Å². The molecule has 0 spiro atoms. The maximum atomic E-state index is 13.0. The van der Waals surface area contributed by atoms with Gasteiger partial charge in [-0.05, 0) is 37.1 Å². The number of rotatable bonds is 8. The van der Waals surface area contributed by atoms with Crippen molar-refractivity contribution in [2.45, 2.75) is 44.3 Å². The standard InChI is InChI=1S/C23H30N4O3S/c1-3-11-27-22-10-9-20(31(28,29)26-12-14-30-15-13-26)16-21(22)25-23(27)17-24-18(2)19-7-5-4-6-8-19/h4-10,16,18,24H,3,11-15,17H2,1-2H3. The molecule has 1 saturated heterocycles. The Morgan fingerprint density at radius 3 is 2.58 bits per heavy atom. The van der Waals surface area contributed by atoms with E-state index in [-0.39, 0.29) is 6.04 Å². The first-order valence-electron chi connectivity index (χ1n) is 10.9. The molecule has 1 atom stereocenters. The van der Waals surface area contributed by atoms with Gasteiger partial charge < -0.3 is 14.6 Å². The summed E-state index contributed by atoms with van der Waals surface area (Å²) in [6, 6.07) is 15.8. The predicted octanol–water partition coefficient (Wildman–Crippen LogP) is 3.32. The summed E-state index contributed by atoms with van der Waals surface area (Å²) in [6.07, 6.45) is 0.973. The SMILES string of the molecule is CCCn1c(CNC(C)c2ccccc2)nc2cc(S(=O)(=O)N3CCOCC3)ccc21. The molecule has 0 aliphatic carbocycles. The van der Waals surface area contributed by atoms with E-state index >= 15 is 0 Å². The van der Waals surface area contributed by atoms with Crippen LogP contribution in [0.3, 0.4) is 0 Å². The van der Waals surface area contributed by atoms with Gasteiger partial charge in [0.25, 0.3) is 0 Å². The van der Waals surface area contributed by atoms with Crippen LogP contribution in [0.2, 0.25) is 0 Å². The highest BCUT2D eigenvalue weighted by Gasteiger charge is 2.27. The molecule has 2 heterocycles. The van der Waals surface area contributed by atoms with Crippen molar-refractivity contribution in [3.8, 4) is 0 Å². The van der Waals surface area contributed by atoms with E-state index in [1.165, 1.54) is 9.87 Å². The largest absolute Gasteiger partial charge is 0.379 e. The number of nitrogens with one attached hydrogen (secondary N) is 1. The topological polar surface area (TPSA) is 76.5 Å². The van der Waals surface area contributed by atoms with Crippen LogP contribution >= 0.6 is 0 Å². The first kappa shape index (κ1) is 22.0. The van der Waals surface area contributed by atoms with Crippen LogP contribution in [-0.2, 0) is 27.8 Å². The molecular weight excluding hydrogens is 412 g/mol. The van der Waals surface area contributed by atoms with Crippen LogP contribution in [0, 0.1) is 0 Å². The molecule has 1 aliphatic heterocycles. The fourth-order valence-corrected chi connectivity index (χ4v) is 5.40. The average Bonchev–Trinajstić information content (AvgIpc) is 3.15. The molecule has 3 aromatic rings. The van der Waals surface area contributed by atoms with Crippen LogP contribution in [0.15, 0.2) is 53.4 Å². The molecule has 2 aromatic carbocycles.